The molecular formula is C22H28N2O4. The monoisotopic (exact) mass is 384 g/mol. The van der Waals surface area contributed by atoms with Crippen molar-refractivity contribution in [2.75, 3.05) is 31.7 Å². The van der Waals surface area contributed by atoms with E-state index in [0.717, 1.165) is 12.2 Å². The molecule has 0 bridgehead atoms. The Bertz CT molecular complexity index is 734. The first-order valence-corrected chi connectivity index (χ1v) is 9.63. The van der Waals surface area contributed by atoms with Gasteiger partial charge in [-0.1, -0.05) is 30.3 Å². The van der Waals surface area contributed by atoms with Crippen LogP contribution in [0.25, 0.3) is 0 Å². The number of amides is 2. The number of rotatable bonds is 12. The fourth-order valence-corrected chi connectivity index (χ4v) is 2.56. The molecule has 28 heavy (non-hydrogen) atoms. The number of ether oxygens (including phenoxy) is 2. The summed E-state index contributed by atoms with van der Waals surface area (Å²) in [6.07, 6.45) is 1.65. The van der Waals surface area contributed by atoms with E-state index in [2.05, 4.69) is 10.6 Å². The van der Waals surface area contributed by atoms with E-state index in [1.807, 2.05) is 37.3 Å². The van der Waals surface area contributed by atoms with Crippen molar-refractivity contribution in [3.05, 3.63) is 60.2 Å². The first-order chi connectivity index (χ1) is 13.7. The van der Waals surface area contributed by atoms with Gasteiger partial charge in [-0.3, -0.25) is 9.59 Å². The van der Waals surface area contributed by atoms with Gasteiger partial charge in [0, 0.05) is 26.2 Å². The summed E-state index contributed by atoms with van der Waals surface area (Å²) in [4.78, 5) is 24.6. The van der Waals surface area contributed by atoms with Crippen LogP contribution in [0.3, 0.4) is 0 Å². The molecule has 6 nitrogen and oxygen atoms in total. The Labute approximate surface area is 166 Å². The van der Waals surface area contributed by atoms with E-state index in [-0.39, 0.29) is 11.8 Å². The molecule has 2 rings (SSSR count). The molecule has 0 aliphatic heterocycles. The standard InChI is InChI=1S/C22H28N2O4/c1-2-27-16-9-15-23-22(26)19-12-6-7-13-20(19)24-21(25)14-8-17-28-18-10-4-3-5-11-18/h3-7,10-13H,2,8-9,14-17H2,1H3,(H,23,26)(H,24,25). The number of para-hydroxylation sites is 2. The van der Waals surface area contributed by atoms with Crippen LogP contribution < -0.4 is 15.4 Å². The molecule has 0 aliphatic rings. The molecule has 2 aromatic rings. The van der Waals surface area contributed by atoms with Crippen LogP contribution in [-0.2, 0) is 9.53 Å². The van der Waals surface area contributed by atoms with Crippen molar-refractivity contribution in [2.24, 2.45) is 0 Å². The van der Waals surface area contributed by atoms with Gasteiger partial charge < -0.3 is 20.1 Å². The second-order valence-corrected chi connectivity index (χ2v) is 6.17. The Kier molecular flexibility index (Phi) is 9.58. The van der Waals surface area contributed by atoms with Crippen LogP contribution in [0.1, 0.15) is 36.5 Å². The summed E-state index contributed by atoms with van der Waals surface area (Å²) < 4.78 is 10.8. The van der Waals surface area contributed by atoms with E-state index in [4.69, 9.17) is 9.47 Å². The molecule has 0 saturated heterocycles. The van der Waals surface area contributed by atoms with Gasteiger partial charge in [0.25, 0.3) is 5.91 Å². The van der Waals surface area contributed by atoms with Crippen LogP contribution in [-0.4, -0.2) is 38.2 Å². The molecule has 2 amide bonds. The van der Waals surface area contributed by atoms with Gasteiger partial charge in [0.15, 0.2) is 0 Å². The fraction of sp³-hybridized carbons (Fsp3) is 0.364. The highest BCUT2D eigenvalue weighted by Gasteiger charge is 2.12. The highest BCUT2D eigenvalue weighted by atomic mass is 16.5. The third-order valence-corrected chi connectivity index (χ3v) is 3.96. The van der Waals surface area contributed by atoms with Crippen LogP contribution in [0.2, 0.25) is 0 Å². The summed E-state index contributed by atoms with van der Waals surface area (Å²) in [7, 11) is 0. The topological polar surface area (TPSA) is 76.7 Å². The van der Waals surface area contributed by atoms with Crippen LogP contribution in [0, 0.1) is 0 Å². The quantitative estimate of drug-likeness (QED) is 0.548. The largest absolute Gasteiger partial charge is 0.494 e. The molecule has 2 aromatic carbocycles. The average molecular weight is 384 g/mol. The van der Waals surface area contributed by atoms with Crippen molar-refractivity contribution in [3.8, 4) is 5.75 Å². The molecule has 0 atom stereocenters. The maximum atomic E-state index is 12.4. The number of hydrogen-bond acceptors (Lipinski definition) is 4. The van der Waals surface area contributed by atoms with E-state index in [0.29, 0.717) is 50.5 Å². The molecule has 0 unspecified atom stereocenters. The second kappa shape index (κ2) is 12.5. The van der Waals surface area contributed by atoms with Crippen molar-refractivity contribution in [3.63, 3.8) is 0 Å². The maximum absolute atomic E-state index is 12.4. The minimum atomic E-state index is -0.209. The molecule has 6 heteroatoms. The smallest absolute Gasteiger partial charge is 0.253 e. The molecular weight excluding hydrogens is 356 g/mol. The lowest BCUT2D eigenvalue weighted by Gasteiger charge is -2.12. The van der Waals surface area contributed by atoms with Crippen LogP contribution in [0.4, 0.5) is 5.69 Å². The van der Waals surface area contributed by atoms with Crippen molar-refractivity contribution in [1.82, 2.24) is 5.32 Å². The van der Waals surface area contributed by atoms with Gasteiger partial charge >= 0.3 is 0 Å². The summed E-state index contributed by atoms with van der Waals surface area (Å²) in [5.41, 5.74) is 0.964. The van der Waals surface area contributed by atoms with Crippen LogP contribution in [0.5, 0.6) is 5.75 Å². The predicted octanol–water partition coefficient (Wildman–Crippen LogP) is 3.64. The van der Waals surface area contributed by atoms with Crippen LogP contribution >= 0.6 is 0 Å². The lowest BCUT2D eigenvalue weighted by atomic mass is 10.1. The Morgan fingerprint density at radius 2 is 1.68 bits per heavy atom. The van der Waals surface area contributed by atoms with E-state index < -0.39 is 0 Å². The normalized spacial score (nSPS) is 10.3. The highest BCUT2D eigenvalue weighted by molar-refractivity contribution is 6.03. The lowest BCUT2D eigenvalue weighted by molar-refractivity contribution is -0.116. The summed E-state index contributed by atoms with van der Waals surface area (Å²) in [6.45, 7) is 4.20. The minimum absolute atomic E-state index is 0.145. The Balaban J connectivity index is 1.76. The van der Waals surface area contributed by atoms with Gasteiger partial charge in [-0.15, -0.1) is 0 Å². The Morgan fingerprint density at radius 3 is 2.46 bits per heavy atom. The van der Waals surface area contributed by atoms with Gasteiger partial charge in [0.05, 0.1) is 17.9 Å². The Hall–Kier alpha value is -2.86. The molecule has 0 spiro atoms. The molecule has 0 heterocycles. The fourth-order valence-electron chi connectivity index (χ4n) is 2.56. The van der Waals surface area contributed by atoms with Crippen LogP contribution in [0.15, 0.2) is 54.6 Å². The van der Waals surface area contributed by atoms with Gasteiger partial charge in [-0.25, -0.2) is 0 Å². The highest BCUT2D eigenvalue weighted by Crippen LogP contribution is 2.16. The number of nitrogens with one attached hydrogen (secondary N) is 2. The summed E-state index contributed by atoms with van der Waals surface area (Å²) in [5, 5.41) is 5.67. The first-order valence-electron chi connectivity index (χ1n) is 9.63. The van der Waals surface area contributed by atoms with Crippen molar-refractivity contribution < 1.29 is 19.1 Å². The number of carbonyl (C=O) groups excluding carboxylic acids is 2. The number of carbonyl (C=O) groups is 2. The summed E-state index contributed by atoms with van der Waals surface area (Å²) in [5.74, 6) is 0.433. The third kappa shape index (κ3) is 7.80. The van der Waals surface area contributed by atoms with Crippen molar-refractivity contribution in [2.45, 2.75) is 26.2 Å². The number of hydrogen-bond donors (Lipinski definition) is 2. The molecule has 150 valence electrons. The zero-order valence-corrected chi connectivity index (χ0v) is 16.3. The first kappa shape index (κ1) is 21.4. The van der Waals surface area contributed by atoms with Crippen molar-refractivity contribution >= 4 is 17.5 Å². The maximum Gasteiger partial charge on any atom is 0.253 e. The summed E-state index contributed by atoms with van der Waals surface area (Å²) in [6, 6.07) is 16.5. The third-order valence-electron chi connectivity index (χ3n) is 3.96. The minimum Gasteiger partial charge on any atom is -0.494 e. The number of anilines is 1. The summed E-state index contributed by atoms with van der Waals surface area (Å²) >= 11 is 0. The molecule has 0 saturated carbocycles. The zero-order valence-electron chi connectivity index (χ0n) is 16.3. The van der Waals surface area contributed by atoms with Gasteiger partial charge in [-0.05, 0) is 44.0 Å². The predicted molar refractivity (Wildman–Crippen MR) is 110 cm³/mol. The van der Waals surface area contributed by atoms with Gasteiger partial charge in [-0.2, -0.15) is 0 Å². The molecule has 2 N–H and O–H groups in total. The van der Waals surface area contributed by atoms with E-state index in [1.54, 1.807) is 24.3 Å². The Morgan fingerprint density at radius 1 is 0.929 bits per heavy atom. The molecule has 0 fully saturated rings. The van der Waals surface area contributed by atoms with Gasteiger partial charge in [0.2, 0.25) is 5.91 Å². The average Bonchev–Trinajstić information content (AvgIpc) is 2.72. The lowest BCUT2D eigenvalue weighted by Crippen LogP contribution is -2.26. The van der Waals surface area contributed by atoms with E-state index in [1.165, 1.54) is 0 Å². The molecule has 0 aliphatic carbocycles. The van der Waals surface area contributed by atoms with Gasteiger partial charge in [0.1, 0.15) is 5.75 Å². The number of benzene rings is 2. The molecule has 0 aromatic heterocycles. The SMILES string of the molecule is CCOCCCNC(=O)c1ccccc1NC(=O)CCCOc1ccccc1. The zero-order chi connectivity index (χ0) is 20.0. The van der Waals surface area contributed by atoms with E-state index in [9.17, 15) is 9.59 Å². The second-order valence-electron chi connectivity index (χ2n) is 6.17. The molecule has 0 radical (unpaired) electrons. The van der Waals surface area contributed by atoms with E-state index >= 15 is 0 Å². The van der Waals surface area contributed by atoms with Crippen molar-refractivity contribution in [1.29, 1.82) is 0 Å².